The van der Waals surface area contributed by atoms with E-state index >= 15 is 0 Å². The number of rotatable bonds is 9. The molecular formula is C12H28ClNO2. The number of ether oxygens (including phenoxy) is 2. The monoisotopic (exact) mass is 253 g/mol. The Hall–Kier alpha value is 0.170. The summed E-state index contributed by atoms with van der Waals surface area (Å²) in [7, 11) is 6.55. The first kappa shape index (κ1) is 18.5. The van der Waals surface area contributed by atoms with Crippen LogP contribution in [0.2, 0.25) is 0 Å². The molecule has 0 aliphatic rings. The second kappa shape index (κ2) is 10.3. The average molecular weight is 254 g/mol. The van der Waals surface area contributed by atoms with Gasteiger partial charge in [0.05, 0.1) is 27.7 Å². The Kier molecular flexibility index (Phi) is 12.0. The summed E-state index contributed by atoms with van der Waals surface area (Å²) in [6, 6.07) is 0. The standard InChI is InChI=1S/C12H28NO2.ClH/c1-6-8-14-11-12(15-9-7-2)10-13(3,4)5;/h12H,6-11H2,1-5H3;1H/q+1;/p-1. The molecule has 0 spiro atoms. The first-order valence-corrected chi connectivity index (χ1v) is 5.99. The summed E-state index contributed by atoms with van der Waals surface area (Å²) >= 11 is 0. The van der Waals surface area contributed by atoms with Gasteiger partial charge < -0.3 is 26.4 Å². The van der Waals surface area contributed by atoms with Crippen molar-refractivity contribution in [1.82, 2.24) is 0 Å². The fourth-order valence-electron chi connectivity index (χ4n) is 1.41. The molecule has 0 N–H and O–H groups in total. The summed E-state index contributed by atoms with van der Waals surface area (Å²) in [4.78, 5) is 0. The molecule has 0 amide bonds. The smallest absolute Gasteiger partial charge is 0.130 e. The molecule has 0 aliphatic carbocycles. The maximum atomic E-state index is 5.77. The zero-order valence-corrected chi connectivity index (χ0v) is 12.2. The molecule has 0 radical (unpaired) electrons. The fourth-order valence-corrected chi connectivity index (χ4v) is 1.41. The van der Waals surface area contributed by atoms with Crippen molar-refractivity contribution in [1.29, 1.82) is 0 Å². The van der Waals surface area contributed by atoms with E-state index in [1.165, 1.54) is 0 Å². The van der Waals surface area contributed by atoms with E-state index < -0.39 is 0 Å². The van der Waals surface area contributed by atoms with Gasteiger partial charge in [0.15, 0.2) is 0 Å². The van der Waals surface area contributed by atoms with Gasteiger partial charge in [-0.3, -0.25) is 0 Å². The molecule has 0 bridgehead atoms. The van der Waals surface area contributed by atoms with Gasteiger partial charge in [-0.15, -0.1) is 0 Å². The minimum Gasteiger partial charge on any atom is -1.00 e. The van der Waals surface area contributed by atoms with E-state index in [-0.39, 0.29) is 18.5 Å². The molecule has 0 aliphatic heterocycles. The number of quaternary nitrogens is 1. The third-order valence-electron chi connectivity index (χ3n) is 1.96. The summed E-state index contributed by atoms with van der Waals surface area (Å²) in [5.41, 5.74) is 0. The Morgan fingerprint density at radius 2 is 1.56 bits per heavy atom. The van der Waals surface area contributed by atoms with Gasteiger partial charge in [-0.25, -0.2) is 0 Å². The van der Waals surface area contributed by atoms with E-state index in [1.54, 1.807) is 0 Å². The van der Waals surface area contributed by atoms with Crippen LogP contribution in [0.5, 0.6) is 0 Å². The summed E-state index contributed by atoms with van der Waals surface area (Å²) in [6.07, 6.45) is 2.38. The Balaban J connectivity index is 0. The van der Waals surface area contributed by atoms with Crippen LogP contribution in [0.15, 0.2) is 0 Å². The average Bonchev–Trinajstić information content (AvgIpc) is 2.12. The molecule has 0 rings (SSSR count). The zero-order valence-electron chi connectivity index (χ0n) is 11.5. The van der Waals surface area contributed by atoms with Crippen LogP contribution in [0.4, 0.5) is 0 Å². The highest BCUT2D eigenvalue weighted by atomic mass is 35.5. The summed E-state index contributed by atoms with van der Waals surface area (Å²) in [6.45, 7) is 7.66. The normalized spacial score (nSPS) is 13.3. The molecule has 0 saturated carbocycles. The summed E-state index contributed by atoms with van der Waals surface area (Å²) < 4.78 is 12.2. The molecule has 3 nitrogen and oxygen atoms in total. The van der Waals surface area contributed by atoms with E-state index in [0.717, 1.165) is 43.7 Å². The lowest BCUT2D eigenvalue weighted by atomic mass is 10.3. The van der Waals surface area contributed by atoms with Crippen LogP contribution in [0.1, 0.15) is 26.7 Å². The first-order chi connectivity index (χ1) is 6.99. The van der Waals surface area contributed by atoms with Crippen molar-refractivity contribution in [2.75, 3.05) is 47.5 Å². The maximum Gasteiger partial charge on any atom is 0.130 e. The lowest BCUT2D eigenvalue weighted by Gasteiger charge is -2.29. The topological polar surface area (TPSA) is 18.5 Å². The zero-order chi connectivity index (χ0) is 11.7. The largest absolute Gasteiger partial charge is 1.00 e. The molecule has 0 saturated heterocycles. The number of hydrogen-bond acceptors (Lipinski definition) is 2. The lowest BCUT2D eigenvalue weighted by molar-refractivity contribution is -0.873. The predicted octanol–water partition coefficient (Wildman–Crippen LogP) is -1.08. The molecule has 0 fully saturated rings. The van der Waals surface area contributed by atoms with Crippen LogP contribution in [0.3, 0.4) is 0 Å². The third kappa shape index (κ3) is 12.2. The van der Waals surface area contributed by atoms with Gasteiger partial charge in [0.2, 0.25) is 0 Å². The van der Waals surface area contributed by atoms with Gasteiger partial charge in [0.25, 0.3) is 0 Å². The molecule has 0 aromatic heterocycles. The molecule has 0 heterocycles. The Morgan fingerprint density at radius 3 is 2.00 bits per heavy atom. The molecule has 4 heteroatoms. The molecule has 1 atom stereocenters. The van der Waals surface area contributed by atoms with Crippen molar-refractivity contribution in [2.24, 2.45) is 0 Å². The number of halogens is 1. The van der Waals surface area contributed by atoms with E-state index in [2.05, 4.69) is 35.0 Å². The van der Waals surface area contributed by atoms with E-state index in [9.17, 15) is 0 Å². The van der Waals surface area contributed by atoms with Crippen LogP contribution in [0, 0.1) is 0 Å². The summed E-state index contributed by atoms with van der Waals surface area (Å²) in [5.74, 6) is 0. The number of hydrogen-bond donors (Lipinski definition) is 0. The maximum absolute atomic E-state index is 5.77. The van der Waals surface area contributed by atoms with Gasteiger partial charge in [-0.05, 0) is 12.8 Å². The second-order valence-electron chi connectivity index (χ2n) is 5.04. The molecule has 100 valence electrons. The van der Waals surface area contributed by atoms with Crippen LogP contribution >= 0.6 is 0 Å². The van der Waals surface area contributed by atoms with Crippen LogP contribution < -0.4 is 12.4 Å². The van der Waals surface area contributed by atoms with Crippen molar-refractivity contribution in [3.63, 3.8) is 0 Å². The fraction of sp³-hybridized carbons (Fsp3) is 1.00. The highest BCUT2D eigenvalue weighted by Crippen LogP contribution is 2.02. The van der Waals surface area contributed by atoms with Crippen LogP contribution in [-0.4, -0.2) is 58.1 Å². The van der Waals surface area contributed by atoms with Gasteiger partial charge in [0.1, 0.15) is 12.6 Å². The highest BCUT2D eigenvalue weighted by Gasteiger charge is 2.18. The van der Waals surface area contributed by atoms with Gasteiger partial charge in [0, 0.05) is 13.2 Å². The lowest BCUT2D eigenvalue weighted by Crippen LogP contribution is -3.00. The molecule has 0 aromatic rings. The van der Waals surface area contributed by atoms with E-state index in [0.29, 0.717) is 0 Å². The Morgan fingerprint density at radius 1 is 1.00 bits per heavy atom. The minimum atomic E-state index is 0. The predicted molar refractivity (Wildman–Crippen MR) is 64.0 cm³/mol. The molecular weight excluding hydrogens is 226 g/mol. The van der Waals surface area contributed by atoms with Crippen molar-refractivity contribution in [3.8, 4) is 0 Å². The quantitative estimate of drug-likeness (QED) is 0.385. The van der Waals surface area contributed by atoms with Crippen molar-refractivity contribution in [3.05, 3.63) is 0 Å². The molecule has 0 aromatic carbocycles. The highest BCUT2D eigenvalue weighted by molar-refractivity contribution is 4.55. The third-order valence-corrected chi connectivity index (χ3v) is 1.96. The Bertz CT molecular complexity index is 148. The van der Waals surface area contributed by atoms with Crippen LogP contribution in [-0.2, 0) is 9.47 Å². The molecule has 1 unspecified atom stereocenters. The summed E-state index contributed by atoms with van der Waals surface area (Å²) in [5, 5.41) is 0. The van der Waals surface area contributed by atoms with E-state index in [4.69, 9.17) is 9.47 Å². The van der Waals surface area contributed by atoms with Gasteiger partial charge >= 0.3 is 0 Å². The Labute approximate surface area is 107 Å². The number of nitrogens with zero attached hydrogens (tertiary/aromatic N) is 1. The van der Waals surface area contributed by atoms with Gasteiger partial charge in [-0.2, -0.15) is 0 Å². The van der Waals surface area contributed by atoms with Crippen LogP contribution in [0.25, 0.3) is 0 Å². The van der Waals surface area contributed by atoms with Crippen molar-refractivity contribution in [2.45, 2.75) is 32.8 Å². The first-order valence-electron chi connectivity index (χ1n) is 5.99. The number of likely N-dealkylation sites (N-methyl/N-ethyl adjacent to an activating group) is 1. The minimum absolute atomic E-state index is 0. The van der Waals surface area contributed by atoms with E-state index in [1.807, 2.05) is 0 Å². The van der Waals surface area contributed by atoms with Gasteiger partial charge in [-0.1, -0.05) is 13.8 Å². The second-order valence-corrected chi connectivity index (χ2v) is 5.04. The van der Waals surface area contributed by atoms with Crippen molar-refractivity contribution >= 4 is 0 Å². The SMILES string of the molecule is CCCOCC(C[N+](C)(C)C)OCCC.[Cl-]. The molecule has 16 heavy (non-hydrogen) atoms. The van der Waals surface area contributed by atoms with Crippen molar-refractivity contribution < 1.29 is 26.4 Å².